The number of carbonyl (C=O) groups excluding carboxylic acids is 2. The van der Waals surface area contributed by atoms with E-state index in [1.807, 2.05) is 0 Å². The number of amides is 2. The van der Waals surface area contributed by atoms with Gasteiger partial charge in [-0.15, -0.1) is 0 Å². The zero-order chi connectivity index (χ0) is 22.8. The van der Waals surface area contributed by atoms with E-state index in [0.717, 1.165) is 44.5 Å². The van der Waals surface area contributed by atoms with Crippen LogP contribution in [0.5, 0.6) is 0 Å². The highest BCUT2D eigenvalue weighted by atomic mass is 19.1. The topological polar surface area (TPSA) is 93.2 Å². The van der Waals surface area contributed by atoms with E-state index < -0.39 is 23.4 Å². The van der Waals surface area contributed by atoms with Crippen LogP contribution >= 0.6 is 0 Å². The van der Waals surface area contributed by atoms with Gasteiger partial charge in [0.1, 0.15) is 17.3 Å². The molecule has 3 aromatic rings. The molecule has 2 aromatic carbocycles. The van der Waals surface area contributed by atoms with E-state index in [-0.39, 0.29) is 16.8 Å². The van der Waals surface area contributed by atoms with Crippen molar-refractivity contribution in [3.63, 3.8) is 0 Å². The lowest BCUT2D eigenvalue weighted by molar-refractivity contribution is 0.0998. The van der Waals surface area contributed by atoms with Gasteiger partial charge < -0.3 is 16.0 Å². The molecule has 1 aromatic heterocycles. The number of halogens is 2. The summed E-state index contributed by atoms with van der Waals surface area (Å²) in [4.78, 5) is 27.0. The third-order valence-corrected chi connectivity index (χ3v) is 5.48. The minimum absolute atomic E-state index is 0.0234. The van der Waals surface area contributed by atoms with Crippen LogP contribution in [0.2, 0.25) is 0 Å². The number of primary amides is 1. The van der Waals surface area contributed by atoms with Crippen molar-refractivity contribution in [2.75, 3.05) is 23.3 Å². The van der Waals surface area contributed by atoms with E-state index >= 15 is 0 Å². The molecule has 0 aliphatic carbocycles. The van der Waals surface area contributed by atoms with Gasteiger partial charge in [-0.25, -0.2) is 8.78 Å². The number of carbonyl (C=O) groups is 2. The van der Waals surface area contributed by atoms with E-state index in [1.54, 1.807) is 25.2 Å². The van der Waals surface area contributed by atoms with Crippen molar-refractivity contribution in [2.45, 2.75) is 19.3 Å². The van der Waals surface area contributed by atoms with Gasteiger partial charge in [-0.05, 0) is 49.6 Å². The second-order valence-electron chi connectivity index (χ2n) is 7.79. The van der Waals surface area contributed by atoms with Crippen LogP contribution in [-0.4, -0.2) is 34.7 Å². The molecule has 7 nitrogen and oxygen atoms in total. The summed E-state index contributed by atoms with van der Waals surface area (Å²) < 4.78 is 29.0. The summed E-state index contributed by atoms with van der Waals surface area (Å²) in [5.74, 6) is -2.57. The molecular weight excluding hydrogens is 416 g/mol. The summed E-state index contributed by atoms with van der Waals surface area (Å²) in [6, 6.07) is 8.02. The molecule has 0 radical (unpaired) electrons. The first-order valence-corrected chi connectivity index (χ1v) is 10.3. The van der Waals surface area contributed by atoms with Crippen LogP contribution < -0.4 is 16.0 Å². The number of hydrogen-bond acceptors (Lipinski definition) is 4. The molecule has 166 valence electrons. The lowest BCUT2D eigenvalue weighted by Crippen LogP contribution is -2.31. The molecule has 1 aliphatic heterocycles. The number of nitrogens with two attached hydrogens (primary N) is 1. The van der Waals surface area contributed by atoms with Crippen molar-refractivity contribution in [3.05, 3.63) is 65.4 Å². The summed E-state index contributed by atoms with van der Waals surface area (Å²) in [5, 5.41) is 6.98. The number of piperidine rings is 1. The molecule has 2 heterocycles. The Morgan fingerprint density at radius 1 is 1.03 bits per heavy atom. The van der Waals surface area contributed by atoms with Crippen molar-refractivity contribution >= 4 is 23.2 Å². The van der Waals surface area contributed by atoms with Crippen molar-refractivity contribution in [1.82, 2.24) is 9.78 Å². The average molecular weight is 439 g/mol. The second kappa shape index (κ2) is 8.78. The summed E-state index contributed by atoms with van der Waals surface area (Å²) in [5.41, 5.74) is 7.34. The number of aryl methyl sites for hydroxylation is 1. The molecule has 0 spiro atoms. The Labute approximate surface area is 183 Å². The van der Waals surface area contributed by atoms with Crippen molar-refractivity contribution in [1.29, 1.82) is 0 Å². The normalized spacial score (nSPS) is 13.8. The highest BCUT2D eigenvalue weighted by molar-refractivity contribution is 6.09. The van der Waals surface area contributed by atoms with Gasteiger partial charge in [-0.2, -0.15) is 5.10 Å². The Morgan fingerprint density at radius 2 is 1.78 bits per heavy atom. The Hall–Kier alpha value is -3.75. The van der Waals surface area contributed by atoms with E-state index in [4.69, 9.17) is 5.73 Å². The molecule has 2 amide bonds. The Bertz CT molecular complexity index is 1190. The van der Waals surface area contributed by atoms with Crippen LogP contribution in [0.4, 0.5) is 20.2 Å². The standard InChI is InChI=1S/C23H23F2N5O2/c1-29-13-18(21(28-29)16-7-5-14(24)11-19(16)25)23(32)27-15-6-8-17(22(26)31)20(12-15)30-9-3-2-4-10-30/h5-8,11-13H,2-4,9-10H2,1H3,(H2,26,31)(H,27,32). The zero-order valence-corrected chi connectivity index (χ0v) is 17.6. The number of hydrogen-bond donors (Lipinski definition) is 2. The quantitative estimate of drug-likeness (QED) is 0.634. The van der Waals surface area contributed by atoms with Crippen molar-refractivity contribution in [3.8, 4) is 11.3 Å². The largest absolute Gasteiger partial charge is 0.371 e. The first-order chi connectivity index (χ1) is 15.3. The third-order valence-electron chi connectivity index (χ3n) is 5.48. The maximum absolute atomic E-state index is 14.3. The molecule has 32 heavy (non-hydrogen) atoms. The molecule has 0 unspecified atom stereocenters. The lowest BCUT2D eigenvalue weighted by Gasteiger charge is -2.30. The summed E-state index contributed by atoms with van der Waals surface area (Å²) >= 11 is 0. The van der Waals surface area contributed by atoms with Crippen molar-refractivity contribution < 1.29 is 18.4 Å². The molecule has 0 saturated carbocycles. The van der Waals surface area contributed by atoms with Gasteiger partial charge in [0.05, 0.1) is 16.8 Å². The van der Waals surface area contributed by atoms with Crippen LogP contribution in [-0.2, 0) is 7.05 Å². The maximum atomic E-state index is 14.3. The van der Waals surface area contributed by atoms with E-state index in [0.29, 0.717) is 16.9 Å². The van der Waals surface area contributed by atoms with Crippen LogP contribution in [0.1, 0.15) is 40.0 Å². The fourth-order valence-electron chi connectivity index (χ4n) is 3.95. The maximum Gasteiger partial charge on any atom is 0.259 e. The molecule has 1 saturated heterocycles. The van der Waals surface area contributed by atoms with Crippen molar-refractivity contribution in [2.24, 2.45) is 12.8 Å². The van der Waals surface area contributed by atoms with Gasteiger partial charge in [-0.1, -0.05) is 0 Å². The predicted molar refractivity (Wildman–Crippen MR) is 118 cm³/mol. The molecule has 3 N–H and O–H groups in total. The number of nitrogens with one attached hydrogen (secondary N) is 1. The van der Waals surface area contributed by atoms with E-state index in [9.17, 15) is 18.4 Å². The number of benzene rings is 2. The molecule has 9 heteroatoms. The number of nitrogens with zero attached hydrogens (tertiary/aromatic N) is 3. The van der Waals surface area contributed by atoms with Crippen LogP contribution in [0.25, 0.3) is 11.3 Å². The third kappa shape index (κ3) is 4.32. The lowest BCUT2D eigenvalue weighted by atomic mass is 10.1. The second-order valence-corrected chi connectivity index (χ2v) is 7.79. The minimum Gasteiger partial charge on any atom is -0.371 e. The Morgan fingerprint density at radius 3 is 2.47 bits per heavy atom. The molecule has 0 atom stereocenters. The highest BCUT2D eigenvalue weighted by Crippen LogP contribution is 2.29. The van der Waals surface area contributed by atoms with Crippen LogP contribution in [0.15, 0.2) is 42.6 Å². The van der Waals surface area contributed by atoms with Crippen LogP contribution in [0, 0.1) is 11.6 Å². The molecular formula is C23H23F2N5O2. The Kier molecular flexibility index (Phi) is 5.89. The SMILES string of the molecule is Cn1cc(C(=O)Nc2ccc(C(N)=O)c(N3CCCCC3)c2)c(-c2ccc(F)cc2F)n1. The van der Waals surface area contributed by atoms with Gasteiger partial charge in [0.2, 0.25) is 0 Å². The molecule has 0 bridgehead atoms. The Balaban J connectivity index is 1.66. The predicted octanol–water partition coefficient (Wildman–Crippen LogP) is 3.71. The minimum atomic E-state index is -0.809. The first-order valence-electron chi connectivity index (χ1n) is 10.3. The van der Waals surface area contributed by atoms with E-state index in [2.05, 4.69) is 15.3 Å². The number of aromatic nitrogens is 2. The average Bonchev–Trinajstić information content (AvgIpc) is 3.15. The fourth-order valence-corrected chi connectivity index (χ4v) is 3.95. The summed E-state index contributed by atoms with van der Waals surface area (Å²) in [7, 11) is 1.61. The fraction of sp³-hybridized carbons (Fsp3) is 0.261. The van der Waals surface area contributed by atoms with E-state index in [1.165, 1.54) is 16.9 Å². The number of anilines is 2. The van der Waals surface area contributed by atoms with Gasteiger partial charge in [0, 0.05) is 43.7 Å². The van der Waals surface area contributed by atoms with Crippen LogP contribution in [0.3, 0.4) is 0 Å². The molecule has 4 rings (SSSR count). The molecule has 1 fully saturated rings. The first kappa shape index (κ1) is 21.5. The van der Waals surface area contributed by atoms with Gasteiger partial charge in [-0.3, -0.25) is 14.3 Å². The molecule has 1 aliphatic rings. The number of rotatable bonds is 5. The summed E-state index contributed by atoms with van der Waals surface area (Å²) in [6.45, 7) is 1.60. The zero-order valence-electron chi connectivity index (χ0n) is 17.6. The highest BCUT2D eigenvalue weighted by Gasteiger charge is 2.22. The van der Waals surface area contributed by atoms with Gasteiger partial charge >= 0.3 is 0 Å². The van der Waals surface area contributed by atoms with Gasteiger partial charge in [0.15, 0.2) is 0 Å². The smallest absolute Gasteiger partial charge is 0.259 e. The van der Waals surface area contributed by atoms with Gasteiger partial charge in [0.25, 0.3) is 11.8 Å². The summed E-state index contributed by atoms with van der Waals surface area (Å²) in [6.07, 6.45) is 4.62. The monoisotopic (exact) mass is 439 g/mol.